The normalized spacial score (nSPS) is 24.3. The fourth-order valence-corrected chi connectivity index (χ4v) is 2.74. The minimum absolute atomic E-state index is 0.0778. The highest BCUT2D eigenvalue weighted by Crippen LogP contribution is 2.18. The lowest BCUT2D eigenvalue weighted by Gasteiger charge is -2.36. The molecule has 0 bridgehead atoms. The van der Waals surface area contributed by atoms with Crippen molar-refractivity contribution in [1.29, 1.82) is 0 Å². The maximum absolute atomic E-state index is 9.70. The molecule has 4 nitrogen and oxygen atoms in total. The second-order valence-corrected chi connectivity index (χ2v) is 5.78. The Kier molecular flexibility index (Phi) is 7.91. The Balaban J connectivity index is 2.34. The van der Waals surface area contributed by atoms with Crippen LogP contribution in [0.2, 0.25) is 0 Å². The quantitative estimate of drug-likeness (QED) is 0.669. The van der Waals surface area contributed by atoms with Crippen molar-refractivity contribution in [3.63, 3.8) is 0 Å². The van der Waals surface area contributed by atoms with E-state index < -0.39 is 0 Å². The summed E-state index contributed by atoms with van der Waals surface area (Å²) in [5, 5.41) is 13.2. The first kappa shape index (κ1) is 16.9. The molecule has 0 aromatic rings. The molecule has 0 aromatic heterocycles. The monoisotopic (exact) mass is 272 g/mol. The maximum atomic E-state index is 9.70. The summed E-state index contributed by atoms with van der Waals surface area (Å²) >= 11 is 0. The van der Waals surface area contributed by atoms with Crippen molar-refractivity contribution in [2.45, 2.75) is 58.0 Å². The van der Waals surface area contributed by atoms with Crippen molar-refractivity contribution in [1.82, 2.24) is 10.2 Å². The van der Waals surface area contributed by atoms with Crippen LogP contribution in [0.3, 0.4) is 0 Å². The molecule has 19 heavy (non-hydrogen) atoms. The van der Waals surface area contributed by atoms with Gasteiger partial charge < -0.3 is 15.2 Å². The number of aliphatic hydroxyl groups is 1. The predicted octanol–water partition coefficient (Wildman–Crippen LogP) is 1.63. The zero-order chi connectivity index (χ0) is 14.1. The van der Waals surface area contributed by atoms with Crippen molar-refractivity contribution in [3.05, 3.63) is 0 Å². The van der Waals surface area contributed by atoms with Gasteiger partial charge in [0, 0.05) is 18.1 Å². The Morgan fingerprint density at radius 1 is 1.42 bits per heavy atom. The van der Waals surface area contributed by atoms with Gasteiger partial charge in [0.05, 0.1) is 19.8 Å². The second-order valence-electron chi connectivity index (χ2n) is 5.78. The van der Waals surface area contributed by atoms with E-state index in [1.807, 2.05) is 0 Å². The predicted molar refractivity (Wildman–Crippen MR) is 79.5 cm³/mol. The molecular formula is C15H32N2O2. The number of aliphatic hydroxyl groups excluding tert-OH is 1. The molecule has 2 N–H and O–H groups in total. The molecule has 0 aliphatic carbocycles. The van der Waals surface area contributed by atoms with Crippen LogP contribution in [0.5, 0.6) is 0 Å². The van der Waals surface area contributed by atoms with Crippen LogP contribution in [-0.2, 0) is 4.74 Å². The summed E-state index contributed by atoms with van der Waals surface area (Å²) in [6.45, 7) is 11.7. The maximum Gasteiger partial charge on any atom is 0.0619 e. The van der Waals surface area contributed by atoms with Crippen LogP contribution < -0.4 is 5.32 Å². The first-order valence-electron chi connectivity index (χ1n) is 7.85. The molecule has 1 fully saturated rings. The van der Waals surface area contributed by atoms with Gasteiger partial charge in [-0.1, -0.05) is 13.8 Å². The van der Waals surface area contributed by atoms with Gasteiger partial charge in [-0.15, -0.1) is 0 Å². The van der Waals surface area contributed by atoms with Crippen molar-refractivity contribution in [2.75, 3.05) is 39.5 Å². The first-order chi connectivity index (χ1) is 9.17. The van der Waals surface area contributed by atoms with E-state index in [0.717, 1.165) is 58.5 Å². The van der Waals surface area contributed by atoms with Crippen LogP contribution in [0.25, 0.3) is 0 Å². The highest BCUT2D eigenvalue weighted by molar-refractivity contribution is 4.86. The number of ether oxygens (including phenoxy) is 1. The number of morpholine rings is 1. The van der Waals surface area contributed by atoms with E-state index in [2.05, 4.69) is 31.0 Å². The third kappa shape index (κ3) is 5.38. The lowest BCUT2D eigenvalue weighted by Crippen LogP contribution is -2.49. The van der Waals surface area contributed by atoms with E-state index >= 15 is 0 Å². The second kappa shape index (κ2) is 8.90. The molecule has 0 saturated carbocycles. The summed E-state index contributed by atoms with van der Waals surface area (Å²) in [6.07, 6.45) is 4.28. The fraction of sp³-hybridized carbons (Fsp3) is 1.00. The molecular weight excluding hydrogens is 240 g/mol. The minimum atomic E-state index is -0.0778. The van der Waals surface area contributed by atoms with Crippen LogP contribution in [0.15, 0.2) is 0 Å². The van der Waals surface area contributed by atoms with Gasteiger partial charge in [-0.25, -0.2) is 0 Å². The van der Waals surface area contributed by atoms with Gasteiger partial charge >= 0.3 is 0 Å². The van der Waals surface area contributed by atoms with Crippen LogP contribution in [-0.4, -0.2) is 61.0 Å². The smallest absolute Gasteiger partial charge is 0.0619 e. The largest absolute Gasteiger partial charge is 0.394 e. The Hall–Kier alpha value is -0.160. The van der Waals surface area contributed by atoms with Gasteiger partial charge in [-0.3, -0.25) is 4.90 Å². The molecule has 2 unspecified atom stereocenters. The van der Waals surface area contributed by atoms with Gasteiger partial charge in [0.1, 0.15) is 0 Å². The fourth-order valence-electron chi connectivity index (χ4n) is 2.74. The molecule has 0 amide bonds. The third-order valence-electron chi connectivity index (χ3n) is 4.34. The van der Waals surface area contributed by atoms with Crippen LogP contribution in [0.4, 0.5) is 0 Å². The summed E-state index contributed by atoms with van der Waals surface area (Å²) in [4.78, 5) is 2.50. The SMILES string of the molecule is CCCNC(CC)(CO)CCCN1CCOCC1C. The average molecular weight is 272 g/mol. The Morgan fingerprint density at radius 2 is 2.21 bits per heavy atom. The molecule has 1 rings (SSSR count). The van der Waals surface area contributed by atoms with E-state index in [0.29, 0.717) is 6.04 Å². The van der Waals surface area contributed by atoms with Crippen LogP contribution in [0, 0.1) is 0 Å². The van der Waals surface area contributed by atoms with E-state index in [1.165, 1.54) is 0 Å². The highest BCUT2D eigenvalue weighted by atomic mass is 16.5. The van der Waals surface area contributed by atoms with Crippen LogP contribution >= 0.6 is 0 Å². The zero-order valence-electron chi connectivity index (χ0n) is 13.0. The van der Waals surface area contributed by atoms with E-state index in [-0.39, 0.29) is 12.1 Å². The number of rotatable bonds is 9. The van der Waals surface area contributed by atoms with Gasteiger partial charge in [-0.2, -0.15) is 0 Å². The number of nitrogens with zero attached hydrogens (tertiary/aromatic N) is 1. The van der Waals surface area contributed by atoms with Crippen molar-refractivity contribution < 1.29 is 9.84 Å². The Labute approximate surface area is 118 Å². The van der Waals surface area contributed by atoms with Gasteiger partial charge in [0.25, 0.3) is 0 Å². The summed E-state index contributed by atoms with van der Waals surface area (Å²) in [5.41, 5.74) is -0.0778. The number of hydrogen-bond acceptors (Lipinski definition) is 4. The van der Waals surface area contributed by atoms with Crippen molar-refractivity contribution >= 4 is 0 Å². The highest BCUT2D eigenvalue weighted by Gasteiger charge is 2.26. The average Bonchev–Trinajstić information content (AvgIpc) is 2.45. The molecule has 0 spiro atoms. The molecule has 1 heterocycles. The summed E-state index contributed by atoms with van der Waals surface area (Å²) in [6, 6.07) is 0.530. The Morgan fingerprint density at radius 3 is 2.79 bits per heavy atom. The molecule has 1 aliphatic heterocycles. The topological polar surface area (TPSA) is 44.7 Å². The molecule has 4 heteroatoms. The van der Waals surface area contributed by atoms with Gasteiger partial charge in [0.2, 0.25) is 0 Å². The van der Waals surface area contributed by atoms with E-state index in [1.54, 1.807) is 0 Å². The zero-order valence-corrected chi connectivity index (χ0v) is 13.0. The standard InChI is InChI=1S/C15H32N2O2/c1-4-8-16-15(5-2,13-18)7-6-9-17-10-11-19-12-14(17)3/h14,16,18H,4-13H2,1-3H3. The van der Waals surface area contributed by atoms with E-state index in [4.69, 9.17) is 4.74 Å². The molecule has 114 valence electrons. The van der Waals surface area contributed by atoms with Gasteiger partial charge in [0.15, 0.2) is 0 Å². The lowest BCUT2D eigenvalue weighted by molar-refractivity contribution is -0.00238. The van der Waals surface area contributed by atoms with Crippen LogP contribution in [0.1, 0.15) is 46.5 Å². The van der Waals surface area contributed by atoms with Crippen molar-refractivity contribution in [3.8, 4) is 0 Å². The van der Waals surface area contributed by atoms with Crippen molar-refractivity contribution in [2.24, 2.45) is 0 Å². The Bertz CT molecular complexity index is 232. The third-order valence-corrected chi connectivity index (χ3v) is 4.34. The molecule has 1 saturated heterocycles. The number of hydrogen-bond donors (Lipinski definition) is 2. The van der Waals surface area contributed by atoms with Gasteiger partial charge in [-0.05, 0) is 45.7 Å². The van der Waals surface area contributed by atoms with E-state index in [9.17, 15) is 5.11 Å². The number of nitrogens with one attached hydrogen (secondary N) is 1. The minimum Gasteiger partial charge on any atom is -0.394 e. The molecule has 0 aromatic carbocycles. The summed E-state index contributed by atoms with van der Waals surface area (Å²) in [5.74, 6) is 0. The summed E-state index contributed by atoms with van der Waals surface area (Å²) in [7, 11) is 0. The first-order valence-corrected chi connectivity index (χ1v) is 7.85. The summed E-state index contributed by atoms with van der Waals surface area (Å²) < 4.78 is 5.46. The lowest BCUT2D eigenvalue weighted by atomic mass is 9.90. The molecule has 2 atom stereocenters. The molecule has 0 radical (unpaired) electrons. The molecule has 1 aliphatic rings.